The molecule has 0 atom stereocenters. The summed E-state index contributed by atoms with van der Waals surface area (Å²) in [5.41, 5.74) is 1.96. The van der Waals surface area contributed by atoms with Gasteiger partial charge >= 0.3 is 0 Å². The van der Waals surface area contributed by atoms with Gasteiger partial charge in [0.1, 0.15) is 0 Å². The SMILES string of the molecule is CNCCN(C)c1ccc(-c2ccc(Br)cc2)nn1. The van der Waals surface area contributed by atoms with Gasteiger partial charge in [0.25, 0.3) is 0 Å². The maximum Gasteiger partial charge on any atom is 0.151 e. The van der Waals surface area contributed by atoms with E-state index in [-0.39, 0.29) is 0 Å². The first kappa shape index (κ1) is 14.0. The van der Waals surface area contributed by atoms with Gasteiger partial charge < -0.3 is 10.2 Å². The van der Waals surface area contributed by atoms with Gasteiger partial charge in [0.2, 0.25) is 0 Å². The van der Waals surface area contributed by atoms with E-state index in [0.29, 0.717) is 0 Å². The fourth-order valence-corrected chi connectivity index (χ4v) is 1.96. The fourth-order valence-electron chi connectivity index (χ4n) is 1.70. The molecule has 2 aromatic rings. The summed E-state index contributed by atoms with van der Waals surface area (Å²) in [6.07, 6.45) is 0. The Hall–Kier alpha value is -1.46. The second kappa shape index (κ2) is 6.63. The number of likely N-dealkylation sites (N-methyl/N-ethyl adjacent to an activating group) is 2. The molecule has 0 unspecified atom stereocenters. The standard InChI is InChI=1S/C14H17BrN4/c1-16-9-10-19(2)14-8-7-13(17-18-14)11-3-5-12(15)6-4-11/h3-8,16H,9-10H2,1-2H3. The Bertz CT molecular complexity index is 510. The van der Waals surface area contributed by atoms with Crippen LogP contribution in [0.3, 0.4) is 0 Å². The summed E-state index contributed by atoms with van der Waals surface area (Å²) in [5.74, 6) is 0.885. The smallest absolute Gasteiger partial charge is 0.151 e. The molecule has 1 heterocycles. The molecule has 1 aromatic heterocycles. The first-order valence-corrected chi connectivity index (χ1v) is 6.95. The van der Waals surface area contributed by atoms with Crippen molar-refractivity contribution in [3.05, 3.63) is 40.9 Å². The monoisotopic (exact) mass is 320 g/mol. The minimum absolute atomic E-state index is 0.885. The van der Waals surface area contributed by atoms with E-state index >= 15 is 0 Å². The molecule has 0 amide bonds. The van der Waals surface area contributed by atoms with Crippen molar-refractivity contribution in [2.75, 3.05) is 32.1 Å². The summed E-state index contributed by atoms with van der Waals surface area (Å²) in [4.78, 5) is 2.08. The number of anilines is 1. The predicted octanol–water partition coefficient (Wildman–Crippen LogP) is 2.56. The van der Waals surface area contributed by atoms with Crippen LogP contribution >= 0.6 is 15.9 Å². The molecule has 1 N–H and O–H groups in total. The molecule has 2 rings (SSSR count). The minimum Gasteiger partial charge on any atom is -0.357 e. The van der Waals surface area contributed by atoms with Crippen LogP contribution in [0.2, 0.25) is 0 Å². The van der Waals surface area contributed by atoms with Gasteiger partial charge in [0.15, 0.2) is 5.82 Å². The van der Waals surface area contributed by atoms with Crippen LogP contribution in [0.5, 0.6) is 0 Å². The van der Waals surface area contributed by atoms with Crippen LogP contribution in [-0.4, -0.2) is 37.4 Å². The second-order valence-electron chi connectivity index (χ2n) is 4.31. The lowest BCUT2D eigenvalue weighted by Gasteiger charge is -2.17. The van der Waals surface area contributed by atoms with E-state index in [4.69, 9.17) is 0 Å². The van der Waals surface area contributed by atoms with Gasteiger partial charge in [-0.05, 0) is 31.3 Å². The van der Waals surface area contributed by atoms with E-state index in [1.807, 2.05) is 50.5 Å². The molecule has 0 aliphatic rings. The summed E-state index contributed by atoms with van der Waals surface area (Å²) in [5, 5.41) is 11.7. The topological polar surface area (TPSA) is 41.0 Å². The number of hydrogen-bond acceptors (Lipinski definition) is 4. The molecule has 4 nitrogen and oxygen atoms in total. The largest absolute Gasteiger partial charge is 0.357 e. The molecule has 19 heavy (non-hydrogen) atoms. The van der Waals surface area contributed by atoms with E-state index in [0.717, 1.165) is 34.6 Å². The summed E-state index contributed by atoms with van der Waals surface area (Å²) >= 11 is 3.42. The van der Waals surface area contributed by atoms with Crippen LogP contribution in [0.4, 0.5) is 5.82 Å². The minimum atomic E-state index is 0.885. The average Bonchev–Trinajstić information content (AvgIpc) is 2.46. The normalized spacial score (nSPS) is 10.5. The third-order valence-electron chi connectivity index (χ3n) is 2.88. The van der Waals surface area contributed by atoms with Gasteiger partial charge in [-0.15, -0.1) is 10.2 Å². The molecule has 0 saturated heterocycles. The molecule has 0 bridgehead atoms. The van der Waals surface area contributed by atoms with E-state index < -0.39 is 0 Å². The molecule has 100 valence electrons. The number of rotatable bonds is 5. The van der Waals surface area contributed by atoms with Crippen LogP contribution < -0.4 is 10.2 Å². The van der Waals surface area contributed by atoms with Crippen molar-refractivity contribution >= 4 is 21.7 Å². The maximum absolute atomic E-state index is 4.28. The van der Waals surface area contributed by atoms with Crippen molar-refractivity contribution in [1.29, 1.82) is 0 Å². The first-order chi connectivity index (χ1) is 9.20. The summed E-state index contributed by atoms with van der Waals surface area (Å²) in [7, 11) is 3.96. The first-order valence-electron chi connectivity index (χ1n) is 6.16. The molecular formula is C14H17BrN4. The van der Waals surface area contributed by atoms with E-state index in [9.17, 15) is 0 Å². The molecule has 0 aliphatic heterocycles. The lowest BCUT2D eigenvalue weighted by atomic mass is 10.1. The zero-order chi connectivity index (χ0) is 13.7. The van der Waals surface area contributed by atoms with Crippen molar-refractivity contribution in [3.63, 3.8) is 0 Å². The van der Waals surface area contributed by atoms with Gasteiger partial charge in [-0.25, -0.2) is 0 Å². The predicted molar refractivity (Wildman–Crippen MR) is 82.4 cm³/mol. The van der Waals surface area contributed by atoms with E-state index in [2.05, 4.69) is 36.3 Å². The van der Waals surface area contributed by atoms with Gasteiger partial charge in [-0.2, -0.15) is 0 Å². The van der Waals surface area contributed by atoms with Crippen molar-refractivity contribution < 1.29 is 0 Å². The highest BCUT2D eigenvalue weighted by Gasteiger charge is 2.04. The zero-order valence-electron chi connectivity index (χ0n) is 11.1. The Morgan fingerprint density at radius 2 is 1.84 bits per heavy atom. The van der Waals surface area contributed by atoms with Crippen molar-refractivity contribution in [2.24, 2.45) is 0 Å². The molecule has 0 spiro atoms. The van der Waals surface area contributed by atoms with Gasteiger partial charge in [0, 0.05) is 30.2 Å². The number of nitrogens with one attached hydrogen (secondary N) is 1. The highest BCUT2D eigenvalue weighted by atomic mass is 79.9. The van der Waals surface area contributed by atoms with Crippen molar-refractivity contribution in [2.45, 2.75) is 0 Å². The third kappa shape index (κ3) is 3.75. The van der Waals surface area contributed by atoms with Crippen molar-refractivity contribution in [1.82, 2.24) is 15.5 Å². The van der Waals surface area contributed by atoms with Gasteiger partial charge in [0.05, 0.1) is 5.69 Å². The number of hydrogen-bond donors (Lipinski definition) is 1. The third-order valence-corrected chi connectivity index (χ3v) is 3.41. The van der Waals surface area contributed by atoms with E-state index in [1.165, 1.54) is 0 Å². The molecular weight excluding hydrogens is 304 g/mol. The molecule has 0 radical (unpaired) electrons. The van der Waals surface area contributed by atoms with Gasteiger partial charge in [-0.1, -0.05) is 28.1 Å². The molecule has 0 saturated carbocycles. The fraction of sp³-hybridized carbons (Fsp3) is 0.286. The quantitative estimate of drug-likeness (QED) is 0.919. The Morgan fingerprint density at radius 3 is 2.42 bits per heavy atom. The number of halogens is 1. The Morgan fingerprint density at radius 1 is 1.11 bits per heavy atom. The molecule has 0 fully saturated rings. The highest BCUT2D eigenvalue weighted by molar-refractivity contribution is 9.10. The van der Waals surface area contributed by atoms with Crippen LogP contribution in [-0.2, 0) is 0 Å². The highest BCUT2D eigenvalue weighted by Crippen LogP contribution is 2.20. The number of nitrogens with zero attached hydrogens (tertiary/aromatic N) is 3. The van der Waals surface area contributed by atoms with E-state index in [1.54, 1.807) is 0 Å². The molecule has 5 heteroatoms. The average molecular weight is 321 g/mol. The van der Waals surface area contributed by atoms with Crippen LogP contribution in [0, 0.1) is 0 Å². The lowest BCUT2D eigenvalue weighted by Crippen LogP contribution is -2.27. The van der Waals surface area contributed by atoms with Crippen molar-refractivity contribution in [3.8, 4) is 11.3 Å². The molecule has 1 aromatic carbocycles. The van der Waals surface area contributed by atoms with Crippen LogP contribution in [0.15, 0.2) is 40.9 Å². The molecule has 0 aliphatic carbocycles. The zero-order valence-corrected chi connectivity index (χ0v) is 12.7. The summed E-state index contributed by atoms with van der Waals surface area (Å²) < 4.78 is 1.06. The Balaban J connectivity index is 2.11. The summed E-state index contributed by atoms with van der Waals surface area (Å²) in [6, 6.07) is 12.1. The van der Waals surface area contributed by atoms with Crippen LogP contribution in [0.25, 0.3) is 11.3 Å². The van der Waals surface area contributed by atoms with Crippen LogP contribution in [0.1, 0.15) is 0 Å². The number of benzene rings is 1. The Kier molecular flexibility index (Phi) is 4.87. The maximum atomic E-state index is 4.28. The number of aromatic nitrogens is 2. The summed E-state index contributed by atoms with van der Waals surface area (Å²) in [6.45, 7) is 1.83. The lowest BCUT2D eigenvalue weighted by molar-refractivity contribution is 0.756. The van der Waals surface area contributed by atoms with Gasteiger partial charge in [-0.3, -0.25) is 0 Å². The Labute approximate surface area is 122 Å². The second-order valence-corrected chi connectivity index (χ2v) is 5.22.